The van der Waals surface area contributed by atoms with Crippen LogP contribution < -0.4 is 15.0 Å². The Morgan fingerprint density at radius 3 is 2.65 bits per heavy atom. The summed E-state index contributed by atoms with van der Waals surface area (Å²) in [6.45, 7) is 5.00. The lowest BCUT2D eigenvalue weighted by Gasteiger charge is -2.33. The van der Waals surface area contributed by atoms with Crippen LogP contribution in [0.5, 0.6) is 5.75 Å². The molecule has 0 aliphatic heterocycles. The summed E-state index contributed by atoms with van der Waals surface area (Å²) in [6.07, 6.45) is 0. The highest BCUT2D eigenvalue weighted by Crippen LogP contribution is 2.21. The van der Waals surface area contributed by atoms with Gasteiger partial charge in [-0.15, -0.1) is 0 Å². The molecule has 0 fully saturated rings. The molecule has 1 aromatic rings. The lowest BCUT2D eigenvalue weighted by molar-refractivity contribution is -0.147. The van der Waals surface area contributed by atoms with Gasteiger partial charge >= 0.3 is 5.97 Å². The minimum absolute atomic E-state index is 0.269. The van der Waals surface area contributed by atoms with Crippen molar-refractivity contribution in [2.75, 3.05) is 39.3 Å². The number of ether oxygens (including phenoxy) is 2. The number of rotatable bonds is 7. The molecule has 0 radical (unpaired) electrons. The van der Waals surface area contributed by atoms with Gasteiger partial charge in [0.25, 0.3) is 0 Å². The van der Waals surface area contributed by atoms with Crippen molar-refractivity contribution in [1.82, 2.24) is 5.32 Å². The van der Waals surface area contributed by atoms with Gasteiger partial charge in [0.05, 0.1) is 14.2 Å². The van der Waals surface area contributed by atoms with Gasteiger partial charge in [-0.05, 0) is 25.6 Å². The Labute approximate surface area is 120 Å². The van der Waals surface area contributed by atoms with Crippen molar-refractivity contribution < 1.29 is 14.3 Å². The molecule has 1 atom stereocenters. The molecule has 20 heavy (non-hydrogen) atoms. The van der Waals surface area contributed by atoms with Crippen molar-refractivity contribution >= 4 is 11.7 Å². The Hall–Kier alpha value is -1.75. The van der Waals surface area contributed by atoms with Crippen LogP contribution in [0.3, 0.4) is 0 Å². The van der Waals surface area contributed by atoms with E-state index in [1.54, 1.807) is 7.11 Å². The van der Waals surface area contributed by atoms with Gasteiger partial charge in [0.1, 0.15) is 11.3 Å². The van der Waals surface area contributed by atoms with Crippen LogP contribution in [0.2, 0.25) is 0 Å². The Kier molecular flexibility index (Phi) is 5.82. The molecule has 1 N–H and O–H groups in total. The molecule has 0 saturated heterocycles. The van der Waals surface area contributed by atoms with E-state index in [9.17, 15) is 4.79 Å². The molecule has 1 unspecified atom stereocenters. The quantitative estimate of drug-likeness (QED) is 0.770. The van der Waals surface area contributed by atoms with Crippen LogP contribution >= 0.6 is 0 Å². The Morgan fingerprint density at radius 1 is 1.40 bits per heavy atom. The van der Waals surface area contributed by atoms with E-state index < -0.39 is 5.54 Å². The molecule has 5 heteroatoms. The highest BCUT2D eigenvalue weighted by Gasteiger charge is 2.34. The molecule has 0 aliphatic rings. The lowest BCUT2D eigenvalue weighted by atomic mass is 10.0. The Bertz CT molecular complexity index is 450. The van der Waals surface area contributed by atoms with Crippen molar-refractivity contribution in [1.29, 1.82) is 0 Å². The van der Waals surface area contributed by atoms with Crippen LogP contribution in [0.4, 0.5) is 5.69 Å². The molecule has 0 bridgehead atoms. The number of likely N-dealkylation sites (N-methyl/N-ethyl adjacent to an activating group) is 2. The first-order valence-corrected chi connectivity index (χ1v) is 6.65. The molecule has 0 aliphatic carbocycles. The number of anilines is 1. The summed E-state index contributed by atoms with van der Waals surface area (Å²) in [5, 5.41) is 3.19. The van der Waals surface area contributed by atoms with Crippen LogP contribution in [-0.4, -0.2) is 45.9 Å². The van der Waals surface area contributed by atoms with Crippen molar-refractivity contribution in [3.8, 4) is 5.75 Å². The zero-order valence-electron chi connectivity index (χ0n) is 12.9. The molecule has 0 spiro atoms. The lowest BCUT2D eigenvalue weighted by Crippen LogP contribution is -2.56. The Balaban J connectivity index is 2.89. The fourth-order valence-corrected chi connectivity index (χ4v) is 2.22. The number of hydrogen-bond donors (Lipinski definition) is 1. The third-order valence-corrected chi connectivity index (χ3v) is 3.25. The molecular weight excluding hydrogens is 256 g/mol. The summed E-state index contributed by atoms with van der Waals surface area (Å²) < 4.78 is 10.1. The minimum atomic E-state index is -0.749. The maximum absolute atomic E-state index is 12.0. The molecular formula is C15H24N2O3. The first-order valence-electron chi connectivity index (χ1n) is 6.65. The Morgan fingerprint density at radius 2 is 2.10 bits per heavy atom. The van der Waals surface area contributed by atoms with Crippen LogP contribution in [0.1, 0.15) is 13.8 Å². The fraction of sp³-hybridized carbons (Fsp3) is 0.533. The molecule has 5 nitrogen and oxygen atoms in total. The van der Waals surface area contributed by atoms with Crippen molar-refractivity contribution in [2.45, 2.75) is 19.4 Å². The number of carbonyl (C=O) groups excluding carboxylic acids is 1. The van der Waals surface area contributed by atoms with Gasteiger partial charge in [-0.2, -0.15) is 0 Å². The number of esters is 1. The standard InChI is InChI=1S/C15H24N2O3/c1-6-16-15(2,14(18)20-5)11-17(3)12-8-7-9-13(10-12)19-4/h7-10,16H,6,11H2,1-5H3. The number of methoxy groups -OCH3 is 2. The van der Waals surface area contributed by atoms with E-state index >= 15 is 0 Å². The second-order valence-electron chi connectivity index (χ2n) is 4.91. The SMILES string of the molecule is CCNC(C)(CN(C)c1cccc(OC)c1)C(=O)OC. The molecule has 1 aromatic carbocycles. The third-order valence-electron chi connectivity index (χ3n) is 3.25. The molecule has 0 aromatic heterocycles. The van der Waals surface area contributed by atoms with E-state index in [1.165, 1.54) is 7.11 Å². The largest absolute Gasteiger partial charge is 0.497 e. The molecule has 0 amide bonds. The maximum Gasteiger partial charge on any atom is 0.327 e. The van der Waals surface area contributed by atoms with Gasteiger partial charge in [-0.3, -0.25) is 0 Å². The maximum atomic E-state index is 12.0. The smallest absolute Gasteiger partial charge is 0.327 e. The number of benzene rings is 1. The normalized spacial score (nSPS) is 13.4. The minimum Gasteiger partial charge on any atom is -0.497 e. The van der Waals surface area contributed by atoms with Gasteiger partial charge in [-0.25, -0.2) is 4.79 Å². The predicted octanol–water partition coefficient (Wildman–Crippen LogP) is 1.67. The average molecular weight is 280 g/mol. The zero-order valence-corrected chi connectivity index (χ0v) is 12.9. The second-order valence-corrected chi connectivity index (χ2v) is 4.91. The number of carbonyl (C=O) groups is 1. The highest BCUT2D eigenvalue weighted by atomic mass is 16.5. The van der Waals surface area contributed by atoms with E-state index in [4.69, 9.17) is 9.47 Å². The van der Waals surface area contributed by atoms with Crippen LogP contribution in [0.25, 0.3) is 0 Å². The van der Waals surface area contributed by atoms with Crippen molar-refractivity contribution in [3.63, 3.8) is 0 Å². The fourth-order valence-electron chi connectivity index (χ4n) is 2.22. The van der Waals surface area contributed by atoms with Gasteiger partial charge in [0, 0.05) is 25.3 Å². The van der Waals surface area contributed by atoms with E-state index in [0.29, 0.717) is 13.1 Å². The van der Waals surface area contributed by atoms with Gasteiger partial charge in [0.15, 0.2) is 0 Å². The number of nitrogens with one attached hydrogen (secondary N) is 1. The van der Waals surface area contributed by atoms with Gasteiger partial charge in [-0.1, -0.05) is 13.0 Å². The number of hydrogen-bond acceptors (Lipinski definition) is 5. The van der Waals surface area contributed by atoms with Crippen LogP contribution in [0.15, 0.2) is 24.3 Å². The molecule has 0 heterocycles. The van der Waals surface area contributed by atoms with Gasteiger partial charge in [0.2, 0.25) is 0 Å². The first-order chi connectivity index (χ1) is 9.46. The summed E-state index contributed by atoms with van der Waals surface area (Å²) in [6, 6.07) is 7.73. The van der Waals surface area contributed by atoms with Crippen LogP contribution in [0, 0.1) is 0 Å². The summed E-state index contributed by atoms with van der Waals surface area (Å²) in [7, 11) is 4.98. The second kappa shape index (κ2) is 7.14. The van der Waals surface area contributed by atoms with Crippen molar-refractivity contribution in [2.24, 2.45) is 0 Å². The molecule has 1 rings (SSSR count). The highest BCUT2D eigenvalue weighted by molar-refractivity contribution is 5.81. The summed E-state index contributed by atoms with van der Waals surface area (Å²) in [5.41, 5.74) is 0.235. The van der Waals surface area contributed by atoms with E-state index in [0.717, 1.165) is 11.4 Å². The zero-order chi connectivity index (χ0) is 15.2. The van der Waals surface area contributed by atoms with Gasteiger partial charge < -0.3 is 19.7 Å². The summed E-state index contributed by atoms with van der Waals surface area (Å²) in [5.74, 6) is 0.520. The predicted molar refractivity (Wildman–Crippen MR) is 80.4 cm³/mol. The summed E-state index contributed by atoms with van der Waals surface area (Å²) >= 11 is 0. The summed E-state index contributed by atoms with van der Waals surface area (Å²) in [4.78, 5) is 14.0. The third kappa shape index (κ3) is 3.87. The van der Waals surface area contributed by atoms with E-state index in [2.05, 4.69) is 5.32 Å². The molecule has 0 saturated carbocycles. The van der Waals surface area contributed by atoms with E-state index in [-0.39, 0.29) is 5.97 Å². The average Bonchev–Trinajstić information content (AvgIpc) is 2.46. The monoisotopic (exact) mass is 280 g/mol. The first kappa shape index (κ1) is 16.3. The van der Waals surface area contributed by atoms with Crippen LogP contribution in [-0.2, 0) is 9.53 Å². The number of nitrogens with zero attached hydrogens (tertiary/aromatic N) is 1. The topological polar surface area (TPSA) is 50.8 Å². The van der Waals surface area contributed by atoms with E-state index in [1.807, 2.05) is 50.1 Å². The van der Waals surface area contributed by atoms with Crippen molar-refractivity contribution in [3.05, 3.63) is 24.3 Å². The molecule has 112 valence electrons.